The number of sulfone groups is 1. The number of nitrogens with zero attached hydrogens (tertiary/aromatic N) is 1. The molecule has 8 heteroatoms. The van der Waals surface area contributed by atoms with Crippen molar-refractivity contribution in [2.75, 3.05) is 11.1 Å². The lowest BCUT2D eigenvalue weighted by Gasteiger charge is -2.05. The summed E-state index contributed by atoms with van der Waals surface area (Å²) < 4.78 is 25.4. The summed E-state index contributed by atoms with van der Waals surface area (Å²) in [5, 5.41) is 4.82. The van der Waals surface area contributed by atoms with Crippen molar-refractivity contribution in [1.82, 2.24) is 4.98 Å². The van der Waals surface area contributed by atoms with Crippen molar-refractivity contribution < 1.29 is 13.2 Å². The van der Waals surface area contributed by atoms with Crippen molar-refractivity contribution >= 4 is 48.1 Å². The van der Waals surface area contributed by atoms with Crippen molar-refractivity contribution in [3.8, 4) is 11.3 Å². The van der Waals surface area contributed by atoms with Gasteiger partial charge >= 0.3 is 0 Å². The quantitative estimate of drug-likeness (QED) is 0.554. The second kappa shape index (κ2) is 8.55. The minimum absolute atomic E-state index is 0.189. The standard InChI is InChI=1S/C20H19BrN2O3S2/c1-13-6-7-16(8-14(13)2)18-10-27-20(22-18)23-19(24)12-28(25,26)11-15-4-3-5-17(21)9-15/h3-10H,11-12H2,1-2H3,(H,22,23,24). The summed E-state index contributed by atoms with van der Waals surface area (Å²) >= 11 is 4.58. The third-order valence-corrected chi connectivity index (χ3v) is 6.91. The summed E-state index contributed by atoms with van der Waals surface area (Å²) in [6.45, 7) is 4.07. The van der Waals surface area contributed by atoms with Gasteiger partial charge in [-0.1, -0.05) is 40.2 Å². The monoisotopic (exact) mass is 478 g/mol. The van der Waals surface area contributed by atoms with E-state index in [-0.39, 0.29) is 5.75 Å². The number of benzene rings is 2. The molecular weight excluding hydrogens is 460 g/mol. The van der Waals surface area contributed by atoms with E-state index in [1.165, 1.54) is 16.9 Å². The molecule has 0 unspecified atom stereocenters. The molecule has 1 N–H and O–H groups in total. The zero-order valence-corrected chi connectivity index (χ0v) is 18.6. The number of amides is 1. The van der Waals surface area contributed by atoms with Crippen molar-refractivity contribution in [1.29, 1.82) is 0 Å². The minimum atomic E-state index is -3.58. The van der Waals surface area contributed by atoms with Crippen LogP contribution in [0.4, 0.5) is 5.13 Å². The van der Waals surface area contributed by atoms with Gasteiger partial charge in [0.15, 0.2) is 15.0 Å². The van der Waals surface area contributed by atoms with E-state index in [2.05, 4.69) is 26.2 Å². The largest absolute Gasteiger partial charge is 0.301 e. The molecule has 0 saturated heterocycles. The highest BCUT2D eigenvalue weighted by molar-refractivity contribution is 9.10. The molecule has 1 amide bonds. The maximum absolute atomic E-state index is 12.3. The van der Waals surface area contributed by atoms with E-state index in [1.54, 1.807) is 18.2 Å². The summed E-state index contributed by atoms with van der Waals surface area (Å²) in [4.78, 5) is 16.6. The molecule has 146 valence electrons. The first-order valence-electron chi connectivity index (χ1n) is 8.50. The second-order valence-electron chi connectivity index (χ2n) is 6.55. The molecule has 1 aromatic heterocycles. The summed E-state index contributed by atoms with van der Waals surface area (Å²) in [5.41, 5.74) is 4.70. The van der Waals surface area contributed by atoms with Crippen molar-refractivity contribution in [3.63, 3.8) is 0 Å². The van der Waals surface area contributed by atoms with Crippen molar-refractivity contribution in [2.24, 2.45) is 0 Å². The predicted octanol–water partition coefficient (Wildman–Crippen LogP) is 4.74. The number of aryl methyl sites for hydroxylation is 2. The van der Waals surface area contributed by atoms with E-state index in [0.717, 1.165) is 21.3 Å². The molecule has 0 aliphatic heterocycles. The summed E-state index contributed by atoms with van der Waals surface area (Å²) in [6.07, 6.45) is 0. The molecule has 0 saturated carbocycles. The topological polar surface area (TPSA) is 76.1 Å². The van der Waals surface area contributed by atoms with Gasteiger partial charge in [-0.2, -0.15) is 0 Å². The molecule has 0 radical (unpaired) electrons. The molecule has 0 atom stereocenters. The Bertz CT molecular complexity index is 1120. The fourth-order valence-corrected chi connectivity index (χ4v) is 5.09. The van der Waals surface area contributed by atoms with Gasteiger partial charge < -0.3 is 5.32 Å². The number of carbonyl (C=O) groups excluding carboxylic acids is 1. The minimum Gasteiger partial charge on any atom is -0.301 e. The Morgan fingerprint density at radius 2 is 1.93 bits per heavy atom. The molecule has 0 fully saturated rings. The Morgan fingerprint density at radius 1 is 1.14 bits per heavy atom. The average Bonchev–Trinajstić information content (AvgIpc) is 3.04. The second-order valence-corrected chi connectivity index (χ2v) is 10.4. The molecule has 3 aromatic rings. The number of hydrogen-bond acceptors (Lipinski definition) is 5. The molecule has 2 aromatic carbocycles. The van der Waals surface area contributed by atoms with E-state index in [4.69, 9.17) is 0 Å². The smallest absolute Gasteiger partial charge is 0.241 e. The molecular formula is C20H19BrN2O3S2. The number of thiazole rings is 1. The van der Waals surface area contributed by atoms with Gasteiger partial charge in [-0.25, -0.2) is 13.4 Å². The Balaban J connectivity index is 1.65. The van der Waals surface area contributed by atoms with E-state index in [0.29, 0.717) is 10.7 Å². The Hall–Kier alpha value is -2.03. The van der Waals surface area contributed by atoms with Gasteiger partial charge in [-0.05, 0) is 48.7 Å². The predicted molar refractivity (Wildman–Crippen MR) is 117 cm³/mol. The number of hydrogen-bond donors (Lipinski definition) is 1. The Morgan fingerprint density at radius 3 is 2.64 bits per heavy atom. The van der Waals surface area contributed by atoms with Gasteiger partial charge in [0.1, 0.15) is 5.75 Å². The first kappa shape index (κ1) is 20.7. The highest BCUT2D eigenvalue weighted by atomic mass is 79.9. The molecule has 0 aliphatic rings. The van der Waals surface area contributed by atoms with Crippen LogP contribution in [0, 0.1) is 13.8 Å². The van der Waals surface area contributed by atoms with Gasteiger partial charge in [0, 0.05) is 15.4 Å². The highest BCUT2D eigenvalue weighted by Crippen LogP contribution is 2.26. The number of rotatable bonds is 6. The van der Waals surface area contributed by atoms with Crippen molar-refractivity contribution in [3.05, 3.63) is 69.0 Å². The zero-order chi connectivity index (χ0) is 20.3. The summed E-state index contributed by atoms with van der Waals surface area (Å²) in [5.74, 6) is -1.36. The van der Waals surface area contributed by atoms with E-state index in [1.807, 2.05) is 43.5 Å². The average molecular weight is 479 g/mol. The number of anilines is 1. The molecule has 28 heavy (non-hydrogen) atoms. The van der Waals surface area contributed by atoms with E-state index < -0.39 is 21.5 Å². The van der Waals surface area contributed by atoms with Crippen molar-refractivity contribution in [2.45, 2.75) is 19.6 Å². The maximum atomic E-state index is 12.3. The summed E-state index contributed by atoms with van der Waals surface area (Å²) in [6, 6.07) is 13.1. The van der Waals surface area contributed by atoms with Crippen LogP contribution in [-0.4, -0.2) is 25.1 Å². The third kappa shape index (κ3) is 5.50. The number of halogens is 1. The van der Waals surface area contributed by atoms with Crippen LogP contribution in [0.5, 0.6) is 0 Å². The number of nitrogens with one attached hydrogen (secondary N) is 1. The molecule has 3 rings (SSSR count). The van der Waals surface area contributed by atoms with Crippen LogP contribution >= 0.6 is 27.3 Å². The normalized spacial score (nSPS) is 11.4. The van der Waals surface area contributed by atoms with E-state index >= 15 is 0 Å². The van der Waals surface area contributed by atoms with Gasteiger partial charge in [-0.3, -0.25) is 4.79 Å². The molecule has 5 nitrogen and oxygen atoms in total. The van der Waals surface area contributed by atoms with Crippen LogP contribution in [0.15, 0.2) is 52.3 Å². The van der Waals surface area contributed by atoms with E-state index in [9.17, 15) is 13.2 Å². The molecule has 0 aliphatic carbocycles. The first-order chi connectivity index (χ1) is 13.2. The fraction of sp³-hybridized carbons (Fsp3) is 0.200. The lowest BCUT2D eigenvalue weighted by Crippen LogP contribution is -2.23. The van der Waals surface area contributed by atoms with Gasteiger partial charge in [0.25, 0.3) is 0 Å². The number of carbonyl (C=O) groups is 1. The molecule has 0 spiro atoms. The van der Waals surface area contributed by atoms with Gasteiger partial charge in [0.2, 0.25) is 5.91 Å². The lowest BCUT2D eigenvalue weighted by atomic mass is 10.1. The van der Waals surface area contributed by atoms with Crippen LogP contribution in [0.3, 0.4) is 0 Å². The van der Waals surface area contributed by atoms with Crippen LogP contribution in [0.1, 0.15) is 16.7 Å². The highest BCUT2D eigenvalue weighted by Gasteiger charge is 2.19. The Kier molecular flexibility index (Phi) is 6.32. The van der Waals surface area contributed by atoms with Crippen LogP contribution in [0.2, 0.25) is 0 Å². The number of aromatic nitrogens is 1. The van der Waals surface area contributed by atoms with Crippen LogP contribution < -0.4 is 5.32 Å². The Labute approximate surface area is 176 Å². The van der Waals surface area contributed by atoms with Gasteiger partial charge in [-0.15, -0.1) is 11.3 Å². The summed E-state index contributed by atoms with van der Waals surface area (Å²) in [7, 11) is -3.58. The first-order valence-corrected chi connectivity index (χ1v) is 12.0. The molecule has 0 bridgehead atoms. The fourth-order valence-electron chi connectivity index (χ4n) is 2.65. The lowest BCUT2D eigenvalue weighted by molar-refractivity contribution is -0.113. The SMILES string of the molecule is Cc1ccc(-c2csc(NC(=O)CS(=O)(=O)Cc3cccc(Br)c3)n2)cc1C. The zero-order valence-electron chi connectivity index (χ0n) is 15.4. The van der Waals surface area contributed by atoms with Crippen LogP contribution in [0.25, 0.3) is 11.3 Å². The molecule has 1 heterocycles. The third-order valence-electron chi connectivity index (χ3n) is 4.18. The maximum Gasteiger partial charge on any atom is 0.241 e. The van der Waals surface area contributed by atoms with Crippen LogP contribution in [-0.2, 0) is 20.4 Å². The van der Waals surface area contributed by atoms with Gasteiger partial charge in [0.05, 0.1) is 11.4 Å².